The summed E-state index contributed by atoms with van der Waals surface area (Å²) in [6, 6.07) is 37.3. The zero-order valence-electron chi connectivity index (χ0n) is 39.0. The van der Waals surface area contributed by atoms with Gasteiger partial charge in [-0.3, -0.25) is 29.4 Å². The molecule has 1 spiro atoms. The number of anilines is 3. The Kier molecular flexibility index (Phi) is 13.0. The molecule has 6 atom stereocenters. The third kappa shape index (κ3) is 8.92. The Morgan fingerprint density at radius 2 is 1.49 bits per heavy atom. The number of nitrogens with one attached hydrogen (secondary N) is 2. The second-order valence-corrected chi connectivity index (χ2v) is 17.9. The van der Waals surface area contributed by atoms with Crippen molar-refractivity contribution in [1.82, 2.24) is 10.2 Å². The SMILES string of the molecule is NC(=O)NCC#Cc1ccc2c(c1)[C@]1(C(=O)N2C(=O)OCc2ccc([N+](=O)[O-])cc2)[C@H](c2ccc(O)cc2)N2[C@H](c3ccccc3)[C@H](c3ccccc3)OC(=O)[C@H]2[C@@H]1C(=O)Nc1ccc(N2CCOCC2)cc1. The molecule has 5 N–H and O–H groups in total. The molecule has 73 heavy (non-hydrogen) atoms. The van der Waals surface area contributed by atoms with Gasteiger partial charge in [0.15, 0.2) is 0 Å². The molecule has 18 nitrogen and oxygen atoms in total. The lowest BCUT2D eigenvalue weighted by atomic mass is 9.65. The smallest absolute Gasteiger partial charge is 0.421 e. The van der Waals surface area contributed by atoms with Gasteiger partial charge in [0, 0.05) is 42.2 Å². The van der Waals surface area contributed by atoms with Crippen molar-refractivity contribution in [2.24, 2.45) is 11.7 Å². The van der Waals surface area contributed by atoms with E-state index in [9.17, 15) is 24.8 Å². The van der Waals surface area contributed by atoms with Crippen molar-refractivity contribution in [3.05, 3.63) is 195 Å². The number of fused-ring (bicyclic) bond motifs is 3. The number of amides is 5. The third-order valence-corrected chi connectivity index (χ3v) is 13.7. The summed E-state index contributed by atoms with van der Waals surface area (Å²) < 4.78 is 17.9. The van der Waals surface area contributed by atoms with Gasteiger partial charge in [0.05, 0.1) is 48.4 Å². The maximum absolute atomic E-state index is 16.5. The molecule has 0 unspecified atom stereocenters. The molecule has 5 amide bonds. The van der Waals surface area contributed by atoms with E-state index >= 15 is 14.4 Å². The molecule has 3 fully saturated rings. The van der Waals surface area contributed by atoms with Gasteiger partial charge in [-0.25, -0.2) is 14.5 Å². The predicted octanol–water partition coefficient (Wildman–Crippen LogP) is 6.80. The summed E-state index contributed by atoms with van der Waals surface area (Å²) in [7, 11) is 0. The Balaban J connectivity index is 1.20. The summed E-state index contributed by atoms with van der Waals surface area (Å²) in [5.41, 5.74) is 6.78. The van der Waals surface area contributed by atoms with E-state index in [1.807, 2.05) is 77.7 Å². The van der Waals surface area contributed by atoms with Crippen LogP contribution in [0.1, 0.15) is 51.6 Å². The first kappa shape index (κ1) is 47.6. The number of morpholine rings is 2. The van der Waals surface area contributed by atoms with Crippen LogP contribution >= 0.6 is 0 Å². The zero-order valence-corrected chi connectivity index (χ0v) is 39.0. The number of nitro groups is 1. The van der Waals surface area contributed by atoms with Crippen molar-refractivity contribution in [3.63, 3.8) is 0 Å². The number of nitrogens with two attached hydrogens (primary N) is 1. The van der Waals surface area contributed by atoms with Crippen LogP contribution in [-0.2, 0) is 40.6 Å². The molecular weight excluding hydrogens is 935 g/mol. The van der Waals surface area contributed by atoms with E-state index in [4.69, 9.17) is 19.9 Å². The van der Waals surface area contributed by atoms with Crippen LogP contribution in [0, 0.1) is 27.9 Å². The number of hydrogen-bond acceptors (Lipinski definition) is 13. The van der Waals surface area contributed by atoms with Crippen molar-refractivity contribution in [2.45, 2.75) is 36.3 Å². The third-order valence-electron chi connectivity index (χ3n) is 13.7. The fraction of sp³-hybridized carbons (Fsp3) is 0.218. The first-order valence-electron chi connectivity index (χ1n) is 23.5. The lowest BCUT2D eigenvalue weighted by Crippen LogP contribution is -2.54. The lowest BCUT2D eigenvalue weighted by Gasteiger charge is -2.46. The summed E-state index contributed by atoms with van der Waals surface area (Å²) in [4.78, 5) is 90.0. The Morgan fingerprint density at radius 1 is 0.822 bits per heavy atom. The number of nitro benzene ring substituents is 1. The summed E-state index contributed by atoms with van der Waals surface area (Å²) in [6.07, 6.45) is -2.13. The first-order valence-corrected chi connectivity index (χ1v) is 23.5. The van der Waals surface area contributed by atoms with E-state index in [2.05, 4.69) is 27.4 Å². The molecule has 4 aliphatic rings. The van der Waals surface area contributed by atoms with E-state index in [0.29, 0.717) is 59.8 Å². The number of nitrogens with zero attached hydrogens (tertiary/aromatic N) is 4. The number of ether oxygens (including phenoxy) is 3. The normalized spacial score (nSPS) is 22.1. The molecule has 0 aromatic heterocycles. The number of cyclic esters (lactones) is 1. The van der Waals surface area contributed by atoms with Crippen molar-refractivity contribution in [3.8, 4) is 17.6 Å². The van der Waals surface area contributed by atoms with Crippen molar-refractivity contribution >= 4 is 52.7 Å². The summed E-state index contributed by atoms with van der Waals surface area (Å²) in [5.74, 6) is 1.61. The molecular formula is C55H47N7O11. The van der Waals surface area contributed by atoms with E-state index in [1.54, 1.807) is 36.4 Å². The molecule has 0 radical (unpaired) electrons. The molecule has 10 rings (SSSR count). The van der Waals surface area contributed by atoms with Crippen LogP contribution in [0.5, 0.6) is 5.75 Å². The number of hydrogen-bond donors (Lipinski definition) is 4. The van der Waals surface area contributed by atoms with Gasteiger partial charge in [-0.05, 0) is 94.5 Å². The van der Waals surface area contributed by atoms with Gasteiger partial charge >= 0.3 is 18.1 Å². The molecule has 18 heteroatoms. The number of imide groups is 1. The predicted molar refractivity (Wildman–Crippen MR) is 266 cm³/mol. The maximum Gasteiger partial charge on any atom is 0.421 e. The van der Waals surface area contributed by atoms with Gasteiger partial charge in [0.2, 0.25) is 11.8 Å². The monoisotopic (exact) mass is 981 g/mol. The molecule has 0 aliphatic carbocycles. The fourth-order valence-electron chi connectivity index (χ4n) is 10.6. The number of rotatable bonds is 10. The molecule has 0 saturated carbocycles. The molecule has 4 aliphatic heterocycles. The van der Waals surface area contributed by atoms with Gasteiger partial charge in [-0.1, -0.05) is 84.6 Å². The van der Waals surface area contributed by atoms with Crippen LogP contribution in [0.2, 0.25) is 0 Å². The lowest BCUT2D eigenvalue weighted by molar-refractivity contribution is -0.384. The molecule has 4 heterocycles. The highest BCUT2D eigenvalue weighted by Gasteiger charge is 2.75. The van der Waals surface area contributed by atoms with Crippen LogP contribution in [0.15, 0.2) is 152 Å². The van der Waals surface area contributed by atoms with Crippen LogP contribution in [0.4, 0.5) is 32.3 Å². The van der Waals surface area contributed by atoms with Crippen molar-refractivity contribution in [1.29, 1.82) is 0 Å². The van der Waals surface area contributed by atoms with Gasteiger partial charge in [-0.2, -0.15) is 0 Å². The topological polar surface area (TPSA) is 236 Å². The van der Waals surface area contributed by atoms with Crippen LogP contribution in [-0.4, -0.2) is 83.7 Å². The second-order valence-electron chi connectivity index (χ2n) is 17.9. The number of carbonyl (C=O) groups excluding carboxylic acids is 5. The Morgan fingerprint density at radius 3 is 2.15 bits per heavy atom. The number of non-ortho nitro benzene ring substituents is 1. The highest BCUT2D eigenvalue weighted by molar-refractivity contribution is 6.24. The van der Waals surface area contributed by atoms with E-state index < -0.39 is 77.0 Å². The highest BCUT2D eigenvalue weighted by atomic mass is 16.6. The minimum absolute atomic E-state index is 0.0278. The fourth-order valence-corrected chi connectivity index (χ4v) is 10.6. The number of esters is 1. The Hall–Kier alpha value is -9.05. The van der Waals surface area contributed by atoms with Crippen LogP contribution in [0.25, 0.3) is 0 Å². The summed E-state index contributed by atoms with van der Waals surface area (Å²) >= 11 is 0. The van der Waals surface area contributed by atoms with E-state index in [0.717, 1.165) is 10.6 Å². The maximum atomic E-state index is 16.5. The molecule has 0 bridgehead atoms. The minimum atomic E-state index is -2.19. The van der Waals surface area contributed by atoms with Gasteiger partial charge < -0.3 is 40.6 Å². The van der Waals surface area contributed by atoms with Gasteiger partial charge in [-0.15, -0.1) is 0 Å². The van der Waals surface area contributed by atoms with E-state index in [1.165, 1.54) is 42.5 Å². The highest BCUT2D eigenvalue weighted by Crippen LogP contribution is 2.66. The van der Waals surface area contributed by atoms with Crippen LogP contribution < -0.4 is 26.2 Å². The zero-order chi connectivity index (χ0) is 50.8. The number of phenols is 1. The van der Waals surface area contributed by atoms with Gasteiger partial charge in [0.1, 0.15) is 29.9 Å². The van der Waals surface area contributed by atoms with Gasteiger partial charge in [0.25, 0.3) is 5.69 Å². The minimum Gasteiger partial charge on any atom is -0.508 e. The molecule has 368 valence electrons. The number of benzene rings is 6. The summed E-state index contributed by atoms with van der Waals surface area (Å²) in [5, 5.41) is 27.7. The largest absolute Gasteiger partial charge is 0.508 e. The van der Waals surface area contributed by atoms with Crippen molar-refractivity contribution < 1.29 is 48.2 Å². The molecule has 3 saturated heterocycles. The van der Waals surface area contributed by atoms with E-state index in [-0.39, 0.29) is 29.2 Å². The number of phenolic OH excluding ortho intramolecular Hbond substituents is 1. The standard InChI is InChI=1S/C55H47N7O11/c56-53(67)57-27-7-8-34-15-26-44-43(32-34)55(52(66)60(44)54(68)72-33-35-13-20-41(21-14-35)62(69)70)45(50(64)58-39-18-22-40(23-19-39)59-28-30-71-31-29-59)47-51(65)73-48(37-11-5-2-6-12-37)46(36-9-3-1-4-10-36)61(47)49(55)38-16-24-42(63)25-17-38/h1-6,9-26,32,45-49,63H,27-31,33H2,(H,58,64)(H3,56,57,67)/t45-,46-,47-,48+,49+,55-/m1/s1. The number of carbonyl (C=O) groups is 5. The Labute approximate surface area is 418 Å². The Bertz CT molecular complexity index is 3160. The average Bonchev–Trinajstić information content (AvgIpc) is 3.87. The van der Waals surface area contributed by atoms with Crippen LogP contribution in [0.3, 0.4) is 0 Å². The quantitative estimate of drug-likeness (QED) is 0.0479. The van der Waals surface area contributed by atoms with Crippen molar-refractivity contribution in [2.75, 3.05) is 48.0 Å². The molecule has 6 aromatic carbocycles. The molecule has 6 aromatic rings. The second kappa shape index (κ2) is 20.0. The number of aromatic hydroxyl groups is 1. The number of urea groups is 1. The summed E-state index contributed by atoms with van der Waals surface area (Å²) in [6.45, 7) is 1.92. The number of primary amides is 1. The first-order chi connectivity index (χ1) is 35.4. The average molecular weight is 982 g/mol.